The van der Waals surface area contributed by atoms with Gasteiger partial charge in [-0.15, -0.1) is 0 Å². The molecular formula is C28H48O3S. The van der Waals surface area contributed by atoms with Crippen LogP contribution in [0.5, 0.6) is 0 Å². The molecule has 0 amide bonds. The molecule has 0 aromatic carbocycles. The first-order valence-electron chi connectivity index (χ1n) is 13.6. The number of Topliss-reactive ketones (excluding diaryl/α,β-unsaturated/α-hetero) is 1. The largest absolute Gasteiger partial charge is 0.348 e. The molecule has 2 saturated heterocycles. The Morgan fingerprint density at radius 3 is 2.34 bits per heavy atom. The Kier molecular flexibility index (Phi) is 7.46. The lowest BCUT2D eigenvalue weighted by molar-refractivity contribution is -0.202. The van der Waals surface area contributed by atoms with Crippen molar-refractivity contribution in [1.82, 2.24) is 0 Å². The third-order valence-electron chi connectivity index (χ3n) is 10.2. The van der Waals surface area contributed by atoms with Gasteiger partial charge in [-0.3, -0.25) is 4.79 Å². The predicted octanol–water partition coefficient (Wildman–Crippen LogP) is 7.13. The number of thioether (sulfide) groups is 1. The zero-order valence-corrected chi connectivity index (χ0v) is 22.4. The normalized spacial score (nSPS) is 46.9. The fraction of sp³-hybridized carbons (Fsp3) is 0.964. The van der Waals surface area contributed by atoms with E-state index in [1.165, 1.54) is 44.3 Å². The van der Waals surface area contributed by atoms with E-state index in [9.17, 15) is 4.79 Å². The van der Waals surface area contributed by atoms with Crippen LogP contribution in [0.3, 0.4) is 0 Å². The quantitative estimate of drug-likeness (QED) is 0.445. The average molecular weight is 465 g/mol. The lowest BCUT2D eigenvalue weighted by Crippen LogP contribution is -2.47. The average Bonchev–Trinajstić information content (AvgIpc) is 3.43. The standard InChI is InChI=1S/C25H40O3S.C3H8/c1-16-7-8-24(4)19(17(2)26)5-6-20(24)18(16)13-22-21-14-25(27-11-12-28-25)10-9-23(21,3)15-29-22;1-3-2/h16,18-22H,5-15H2,1-4H3;3H2,1-2H3. The summed E-state index contributed by atoms with van der Waals surface area (Å²) in [5, 5.41) is 0.733. The third kappa shape index (κ3) is 4.35. The summed E-state index contributed by atoms with van der Waals surface area (Å²) >= 11 is 2.25. The van der Waals surface area contributed by atoms with Gasteiger partial charge in [0.25, 0.3) is 0 Å². The summed E-state index contributed by atoms with van der Waals surface area (Å²) in [7, 11) is 0. The van der Waals surface area contributed by atoms with Gasteiger partial charge in [0.2, 0.25) is 0 Å². The molecule has 0 N–H and O–H groups in total. The van der Waals surface area contributed by atoms with Crippen molar-refractivity contribution < 1.29 is 14.3 Å². The van der Waals surface area contributed by atoms with Gasteiger partial charge in [-0.25, -0.2) is 0 Å². The molecule has 4 heteroatoms. The van der Waals surface area contributed by atoms with Crippen molar-refractivity contribution in [3.63, 3.8) is 0 Å². The maximum absolute atomic E-state index is 12.4. The highest BCUT2D eigenvalue weighted by Gasteiger charge is 2.58. The second-order valence-corrected chi connectivity index (χ2v) is 13.6. The summed E-state index contributed by atoms with van der Waals surface area (Å²) in [4.78, 5) is 12.4. The van der Waals surface area contributed by atoms with Gasteiger partial charge in [-0.2, -0.15) is 11.8 Å². The molecule has 3 saturated carbocycles. The number of fused-ring (bicyclic) bond motifs is 2. The van der Waals surface area contributed by atoms with Crippen LogP contribution in [-0.4, -0.2) is 35.8 Å². The monoisotopic (exact) mass is 464 g/mol. The van der Waals surface area contributed by atoms with E-state index in [0.29, 0.717) is 23.0 Å². The highest BCUT2D eigenvalue weighted by Crippen LogP contribution is 2.63. The van der Waals surface area contributed by atoms with Crippen LogP contribution in [-0.2, 0) is 14.3 Å². The summed E-state index contributed by atoms with van der Waals surface area (Å²) in [6.45, 7) is 15.1. The van der Waals surface area contributed by atoms with E-state index in [2.05, 4.69) is 46.4 Å². The van der Waals surface area contributed by atoms with Gasteiger partial charge >= 0.3 is 0 Å². The summed E-state index contributed by atoms with van der Waals surface area (Å²) in [5.74, 6) is 4.81. The number of carbonyl (C=O) groups excluding carboxylic acids is 1. The maximum atomic E-state index is 12.4. The van der Waals surface area contributed by atoms with E-state index in [4.69, 9.17) is 9.47 Å². The van der Waals surface area contributed by atoms with Crippen LogP contribution in [0.4, 0.5) is 0 Å². The molecule has 32 heavy (non-hydrogen) atoms. The van der Waals surface area contributed by atoms with Gasteiger partial charge < -0.3 is 9.47 Å². The molecule has 0 aromatic heterocycles. The molecule has 5 fully saturated rings. The second kappa shape index (κ2) is 9.53. The van der Waals surface area contributed by atoms with Crippen molar-refractivity contribution in [2.45, 2.75) is 110 Å². The number of hydrogen-bond acceptors (Lipinski definition) is 4. The van der Waals surface area contributed by atoms with E-state index >= 15 is 0 Å². The van der Waals surface area contributed by atoms with Crippen LogP contribution < -0.4 is 0 Å². The van der Waals surface area contributed by atoms with Crippen LogP contribution in [0.1, 0.15) is 99.3 Å². The Balaban J connectivity index is 0.000000775. The van der Waals surface area contributed by atoms with Crippen molar-refractivity contribution in [3.8, 4) is 0 Å². The van der Waals surface area contributed by atoms with E-state index < -0.39 is 0 Å². The van der Waals surface area contributed by atoms with Crippen molar-refractivity contribution in [2.24, 2.45) is 40.4 Å². The van der Waals surface area contributed by atoms with E-state index in [1.807, 2.05) is 6.92 Å². The maximum Gasteiger partial charge on any atom is 0.168 e. The van der Waals surface area contributed by atoms with Gasteiger partial charge in [0.05, 0.1) is 13.2 Å². The summed E-state index contributed by atoms with van der Waals surface area (Å²) in [5.41, 5.74) is 0.704. The van der Waals surface area contributed by atoms with E-state index in [-0.39, 0.29) is 11.2 Å². The molecule has 184 valence electrons. The zero-order chi connectivity index (χ0) is 23.1. The number of ether oxygens (including phenoxy) is 2. The molecule has 3 nitrogen and oxygen atoms in total. The number of ketones is 1. The second-order valence-electron chi connectivity index (χ2n) is 12.4. The number of rotatable bonds is 3. The molecule has 3 aliphatic carbocycles. The summed E-state index contributed by atoms with van der Waals surface area (Å²) < 4.78 is 12.3. The van der Waals surface area contributed by atoms with Crippen molar-refractivity contribution in [2.75, 3.05) is 19.0 Å². The highest BCUT2D eigenvalue weighted by molar-refractivity contribution is 8.00. The molecule has 5 aliphatic rings. The third-order valence-corrected chi connectivity index (χ3v) is 12.0. The van der Waals surface area contributed by atoms with Gasteiger partial charge in [0.1, 0.15) is 5.78 Å². The predicted molar refractivity (Wildman–Crippen MR) is 134 cm³/mol. The fourth-order valence-corrected chi connectivity index (χ4v) is 10.3. The Bertz CT molecular complexity index is 674. The topological polar surface area (TPSA) is 35.5 Å². The molecule has 0 radical (unpaired) electrons. The molecule has 2 aliphatic heterocycles. The Labute approximate surface area is 201 Å². The molecule has 5 rings (SSSR count). The highest BCUT2D eigenvalue weighted by atomic mass is 32.2. The first-order chi connectivity index (χ1) is 15.2. The van der Waals surface area contributed by atoms with Crippen LogP contribution in [0.15, 0.2) is 0 Å². The fourth-order valence-electron chi connectivity index (χ4n) is 8.32. The zero-order valence-electron chi connectivity index (χ0n) is 21.6. The molecule has 1 spiro atoms. The first-order valence-corrected chi connectivity index (χ1v) is 14.6. The minimum Gasteiger partial charge on any atom is -0.348 e. The van der Waals surface area contributed by atoms with Crippen molar-refractivity contribution >= 4 is 17.5 Å². The first kappa shape index (κ1) is 25.0. The Hall–Kier alpha value is -0.0600. The van der Waals surface area contributed by atoms with Gasteiger partial charge in [0.15, 0.2) is 5.79 Å². The lowest BCUT2D eigenvalue weighted by Gasteiger charge is -2.50. The van der Waals surface area contributed by atoms with Crippen LogP contribution in [0.25, 0.3) is 0 Å². The van der Waals surface area contributed by atoms with E-state index in [1.54, 1.807) is 0 Å². The van der Waals surface area contributed by atoms with Crippen LogP contribution in [0.2, 0.25) is 0 Å². The molecule has 8 unspecified atom stereocenters. The van der Waals surface area contributed by atoms with Crippen LogP contribution >= 0.6 is 11.8 Å². The molecular weight excluding hydrogens is 416 g/mol. The van der Waals surface area contributed by atoms with Gasteiger partial charge in [-0.05, 0) is 85.7 Å². The van der Waals surface area contributed by atoms with Crippen molar-refractivity contribution in [3.05, 3.63) is 0 Å². The number of carbonyl (C=O) groups is 1. The Morgan fingerprint density at radius 1 is 1.00 bits per heavy atom. The molecule has 8 atom stereocenters. The van der Waals surface area contributed by atoms with Crippen LogP contribution in [0, 0.1) is 40.4 Å². The smallest absolute Gasteiger partial charge is 0.168 e. The van der Waals surface area contributed by atoms with Crippen molar-refractivity contribution in [1.29, 1.82) is 0 Å². The SMILES string of the molecule is CC(=O)C1CCC2C(CC3SCC4(C)CCC5(CC34)OCCO5)C(C)CCC12C.CCC. The number of hydrogen-bond donors (Lipinski definition) is 0. The molecule has 0 bridgehead atoms. The summed E-state index contributed by atoms with van der Waals surface area (Å²) in [6, 6.07) is 0. The van der Waals surface area contributed by atoms with Gasteiger partial charge in [-0.1, -0.05) is 41.0 Å². The lowest BCUT2D eigenvalue weighted by atomic mass is 9.56. The van der Waals surface area contributed by atoms with E-state index in [0.717, 1.165) is 55.5 Å². The minimum atomic E-state index is -0.271. The Morgan fingerprint density at radius 2 is 1.69 bits per heavy atom. The van der Waals surface area contributed by atoms with Gasteiger partial charge in [0, 0.05) is 24.0 Å². The minimum absolute atomic E-state index is 0.251. The molecule has 0 aromatic rings. The summed E-state index contributed by atoms with van der Waals surface area (Å²) in [6.07, 6.45) is 11.0. The molecule has 2 heterocycles.